The van der Waals surface area contributed by atoms with E-state index in [1.54, 1.807) is 21.7 Å². The van der Waals surface area contributed by atoms with Gasteiger partial charge < -0.3 is 29.3 Å². The molecule has 3 amide bonds. The van der Waals surface area contributed by atoms with Crippen molar-refractivity contribution in [1.29, 1.82) is 0 Å². The topological polar surface area (TPSA) is 103 Å². The zero-order valence-corrected chi connectivity index (χ0v) is 19.7. The van der Waals surface area contributed by atoms with Crippen LogP contribution in [0, 0.1) is 11.8 Å². The molecule has 0 radical (unpaired) electrons. The number of nitrogens with zero attached hydrogens (tertiary/aromatic N) is 4. The van der Waals surface area contributed by atoms with Gasteiger partial charge in [0.25, 0.3) is 0 Å². The summed E-state index contributed by atoms with van der Waals surface area (Å²) in [6.07, 6.45) is 7.34. The number of morpholine rings is 1. The monoisotopic (exact) mass is 474 g/mol. The van der Waals surface area contributed by atoms with E-state index >= 15 is 0 Å². The summed E-state index contributed by atoms with van der Waals surface area (Å²) in [5.74, 6) is -1.97. The van der Waals surface area contributed by atoms with E-state index < -0.39 is 29.6 Å². The minimum absolute atomic E-state index is 0.0870. The van der Waals surface area contributed by atoms with E-state index in [9.17, 15) is 19.5 Å². The third-order valence-electron chi connectivity index (χ3n) is 7.79. The maximum absolute atomic E-state index is 14.0. The molecule has 0 aromatic heterocycles. The molecule has 1 spiro atoms. The van der Waals surface area contributed by atoms with Crippen LogP contribution < -0.4 is 0 Å². The average molecular weight is 475 g/mol. The zero-order chi connectivity index (χ0) is 23.9. The molecule has 0 aliphatic carbocycles. The van der Waals surface area contributed by atoms with Gasteiger partial charge in [0.2, 0.25) is 17.7 Å². The molecule has 0 aromatic carbocycles. The lowest BCUT2D eigenvalue weighted by atomic mass is 9.77. The van der Waals surface area contributed by atoms with Crippen LogP contribution in [0.2, 0.25) is 0 Å². The van der Waals surface area contributed by atoms with E-state index in [0.29, 0.717) is 39.3 Å². The van der Waals surface area contributed by atoms with E-state index in [0.717, 1.165) is 19.6 Å². The summed E-state index contributed by atoms with van der Waals surface area (Å²) < 4.78 is 12.0. The predicted octanol–water partition coefficient (Wildman–Crippen LogP) is -1.29. The summed E-state index contributed by atoms with van der Waals surface area (Å²) in [7, 11) is 1.72. The Labute approximate surface area is 199 Å². The molecule has 0 bridgehead atoms. The minimum Gasteiger partial charge on any atom is -0.396 e. The van der Waals surface area contributed by atoms with Crippen molar-refractivity contribution in [3.05, 3.63) is 24.3 Å². The first-order valence-electron chi connectivity index (χ1n) is 12.3. The Hall–Kier alpha value is -2.27. The number of carbonyl (C=O) groups excluding carboxylic acids is 3. The first-order chi connectivity index (χ1) is 16.5. The van der Waals surface area contributed by atoms with Crippen LogP contribution in [0.15, 0.2) is 24.3 Å². The number of aliphatic hydroxyl groups is 1. The number of fused-ring (bicyclic) bond motifs is 2. The first-order valence-corrected chi connectivity index (χ1v) is 12.3. The van der Waals surface area contributed by atoms with Crippen molar-refractivity contribution in [3.63, 3.8) is 0 Å². The van der Waals surface area contributed by atoms with E-state index in [-0.39, 0.29) is 30.9 Å². The van der Waals surface area contributed by atoms with Gasteiger partial charge in [-0.05, 0) is 6.42 Å². The molecule has 1 N–H and O–H groups in total. The number of amides is 3. The van der Waals surface area contributed by atoms with Crippen molar-refractivity contribution < 1.29 is 29.0 Å². The molecule has 186 valence electrons. The number of aliphatic hydroxyl groups excluding tert-OH is 1. The molecule has 1 unspecified atom stereocenters. The molecule has 0 aromatic rings. The van der Waals surface area contributed by atoms with Crippen molar-refractivity contribution in [2.24, 2.45) is 11.8 Å². The molecule has 3 fully saturated rings. The molecule has 34 heavy (non-hydrogen) atoms. The highest BCUT2D eigenvalue weighted by Gasteiger charge is 2.71. The SMILES string of the molecule is CN1CC=C[C@@H]2O[C@]34C=CCN(CCN5CCOCC5)C(=O)C3N(CCCO)C(=O)[C@@H]4[C@@H]2C1=O. The quantitative estimate of drug-likeness (QED) is 0.478. The summed E-state index contributed by atoms with van der Waals surface area (Å²) in [6.45, 7) is 5.38. The van der Waals surface area contributed by atoms with Gasteiger partial charge in [0.1, 0.15) is 11.6 Å². The van der Waals surface area contributed by atoms with Crippen LogP contribution in [0.1, 0.15) is 6.42 Å². The highest BCUT2D eigenvalue weighted by atomic mass is 16.5. The second-order valence-electron chi connectivity index (χ2n) is 9.74. The number of likely N-dealkylation sites (N-methyl/N-ethyl adjacent to an activating group) is 1. The van der Waals surface area contributed by atoms with E-state index in [4.69, 9.17) is 9.47 Å². The van der Waals surface area contributed by atoms with Crippen molar-refractivity contribution in [3.8, 4) is 0 Å². The summed E-state index contributed by atoms with van der Waals surface area (Å²) in [5.41, 5.74) is -1.19. The third kappa shape index (κ3) is 3.77. The fraction of sp³-hybridized carbons (Fsp3) is 0.708. The van der Waals surface area contributed by atoms with Gasteiger partial charge in [-0.15, -0.1) is 0 Å². The Morgan fingerprint density at radius 3 is 2.59 bits per heavy atom. The summed E-state index contributed by atoms with van der Waals surface area (Å²) in [6, 6.07) is -0.849. The zero-order valence-electron chi connectivity index (χ0n) is 19.7. The van der Waals surface area contributed by atoms with Gasteiger partial charge in [-0.25, -0.2) is 0 Å². The summed E-state index contributed by atoms with van der Waals surface area (Å²) >= 11 is 0. The Morgan fingerprint density at radius 1 is 1.03 bits per heavy atom. The molecule has 5 atom stereocenters. The molecule has 0 saturated carbocycles. The predicted molar refractivity (Wildman–Crippen MR) is 122 cm³/mol. The number of likely N-dealkylation sites (tertiary alicyclic amines) is 1. The second-order valence-corrected chi connectivity index (χ2v) is 9.74. The van der Waals surface area contributed by atoms with Gasteiger partial charge in [0, 0.05) is 59.5 Å². The lowest BCUT2D eigenvalue weighted by Gasteiger charge is -2.36. The van der Waals surface area contributed by atoms with Crippen LogP contribution in [0.3, 0.4) is 0 Å². The van der Waals surface area contributed by atoms with Crippen LogP contribution in [-0.4, -0.2) is 133 Å². The fourth-order valence-corrected chi connectivity index (χ4v) is 6.08. The maximum atomic E-state index is 14.0. The van der Waals surface area contributed by atoms with Crippen LogP contribution in [0.5, 0.6) is 0 Å². The van der Waals surface area contributed by atoms with Crippen molar-refractivity contribution in [2.45, 2.75) is 24.2 Å². The van der Waals surface area contributed by atoms with Gasteiger partial charge in [-0.2, -0.15) is 0 Å². The summed E-state index contributed by atoms with van der Waals surface area (Å²) in [5, 5.41) is 9.45. The molecule has 5 aliphatic heterocycles. The van der Waals surface area contributed by atoms with Crippen LogP contribution in [0.25, 0.3) is 0 Å². The smallest absolute Gasteiger partial charge is 0.249 e. The molecular weight excluding hydrogens is 440 g/mol. The Kier molecular flexibility index (Phi) is 6.49. The molecule has 5 aliphatic rings. The van der Waals surface area contributed by atoms with Gasteiger partial charge in [-0.1, -0.05) is 24.3 Å². The number of hydrogen-bond donors (Lipinski definition) is 1. The Morgan fingerprint density at radius 2 is 1.82 bits per heavy atom. The fourth-order valence-electron chi connectivity index (χ4n) is 6.08. The number of ether oxygens (including phenoxy) is 2. The minimum atomic E-state index is -1.19. The Bertz CT molecular complexity index is 887. The molecule has 5 rings (SSSR count). The van der Waals surface area contributed by atoms with E-state index in [1.165, 1.54) is 0 Å². The summed E-state index contributed by atoms with van der Waals surface area (Å²) in [4.78, 5) is 48.3. The molecule has 5 heterocycles. The first kappa shape index (κ1) is 23.5. The highest BCUT2D eigenvalue weighted by Crippen LogP contribution is 2.53. The molecule has 3 saturated heterocycles. The molecule has 10 heteroatoms. The Balaban J connectivity index is 1.46. The highest BCUT2D eigenvalue weighted by molar-refractivity contribution is 5.99. The third-order valence-corrected chi connectivity index (χ3v) is 7.79. The number of carbonyl (C=O) groups is 3. The second kappa shape index (κ2) is 9.41. The van der Waals surface area contributed by atoms with Gasteiger partial charge in [0.05, 0.1) is 31.2 Å². The maximum Gasteiger partial charge on any atom is 0.249 e. The largest absolute Gasteiger partial charge is 0.396 e. The van der Waals surface area contributed by atoms with Crippen LogP contribution in [0.4, 0.5) is 0 Å². The normalized spacial score (nSPS) is 35.9. The standard InChI is InChI=1S/C24H34N4O6/c1-25-7-2-5-17-18(21(25)30)19-22(31)28(9-4-14-29)20-23(32)27(8-3-6-24(19,20)34-17)11-10-26-12-15-33-16-13-26/h2-3,5-6,17-20,29H,4,7-16H2,1H3/t17-,18+,19-,20?,24-/m0/s1. The number of rotatable bonds is 6. The van der Waals surface area contributed by atoms with Gasteiger partial charge >= 0.3 is 0 Å². The lowest BCUT2D eigenvalue weighted by molar-refractivity contribution is -0.148. The molecular formula is C24H34N4O6. The van der Waals surface area contributed by atoms with Crippen LogP contribution in [-0.2, 0) is 23.9 Å². The van der Waals surface area contributed by atoms with Crippen LogP contribution >= 0.6 is 0 Å². The van der Waals surface area contributed by atoms with Gasteiger partial charge in [-0.3, -0.25) is 19.3 Å². The lowest BCUT2D eigenvalue weighted by Crippen LogP contribution is -2.56. The molecule has 10 nitrogen and oxygen atoms in total. The van der Waals surface area contributed by atoms with Crippen molar-refractivity contribution in [2.75, 3.05) is 72.7 Å². The van der Waals surface area contributed by atoms with Crippen molar-refractivity contribution in [1.82, 2.24) is 19.6 Å². The van der Waals surface area contributed by atoms with Gasteiger partial charge in [0.15, 0.2) is 0 Å². The average Bonchev–Trinajstić information content (AvgIpc) is 3.16. The van der Waals surface area contributed by atoms with E-state index in [1.807, 2.05) is 24.3 Å². The number of hydrogen-bond acceptors (Lipinski definition) is 7. The van der Waals surface area contributed by atoms with Crippen molar-refractivity contribution >= 4 is 17.7 Å². The van der Waals surface area contributed by atoms with E-state index in [2.05, 4.69) is 4.90 Å².